The number of nitrogens with one attached hydrogen (secondary N) is 1. The molecule has 100 valence electrons. The SMILES string of the molecule is CNc1cnc(CN2CCCCC2CCO)cn1. The van der Waals surface area contributed by atoms with Gasteiger partial charge in [-0.3, -0.25) is 9.88 Å². The van der Waals surface area contributed by atoms with Crippen molar-refractivity contribution in [2.75, 3.05) is 25.5 Å². The third-order valence-electron chi connectivity index (χ3n) is 3.54. The molecule has 1 fully saturated rings. The molecule has 2 heterocycles. The maximum atomic E-state index is 9.11. The molecule has 5 heteroatoms. The van der Waals surface area contributed by atoms with Gasteiger partial charge in [-0.1, -0.05) is 6.42 Å². The number of anilines is 1. The highest BCUT2D eigenvalue weighted by atomic mass is 16.3. The molecule has 1 aromatic heterocycles. The minimum absolute atomic E-state index is 0.269. The van der Waals surface area contributed by atoms with Crippen LogP contribution in [0.15, 0.2) is 12.4 Å². The number of piperidine rings is 1. The number of rotatable bonds is 5. The van der Waals surface area contributed by atoms with Crippen LogP contribution in [0.25, 0.3) is 0 Å². The van der Waals surface area contributed by atoms with Gasteiger partial charge in [0.05, 0.1) is 18.1 Å². The van der Waals surface area contributed by atoms with Gasteiger partial charge >= 0.3 is 0 Å². The van der Waals surface area contributed by atoms with E-state index >= 15 is 0 Å². The van der Waals surface area contributed by atoms with Gasteiger partial charge in [0.1, 0.15) is 5.82 Å². The fourth-order valence-electron chi connectivity index (χ4n) is 2.52. The van der Waals surface area contributed by atoms with Crippen LogP contribution in [0.2, 0.25) is 0 Å². The second-order valence-corrected chi connectivity index (χ2v) is 4.78. The van der Waals surface area contributed by atoms with E-state index in [2.05, 4.69) is 20.2 Å². The van der Waals surface area contributed by atoms with Gasteiger partial charge in [0.2, 0.25) is 0 Å². The largest absolute Gasteiger partial charge is 0.396 e. The van der Waals surface area contributed by atoms with Crippen LogP contribution in [0, 0.1) is 0 Å². The van der Waals surface area contributed by atoms with Crippen molar-refractivity contribution in [3.63, 3.8) is 0 Å². The first-order chi connectivity index (χ1) is 8.83. The lowest BCUT2D eigenvalue weighted by Gasteiger charge is -2.35. The number of hydrogen-bond acceptors (Lipinski definition) is 5. The lowest BCUT2D eigenvalue weighted by Crippen LogP contribution is -2.39. The molecule has 1 atom stereocenters. The monoisotopic (exact) mass is 250 g/mol. The van der Waals surface area contributed by atoms with Gasteiger partial charge in [-0.15, -0.1) is 0 Å². The number of hydrogen-bond donors (Lipinski definition) is 2. The first kappa shape index (κ1) is 13.2. The molecule has 1 unspecified atom stereocenters. The minimum Gasteiger partial charge on any atom is -0.396 e. The number of likely N-dealkylation sites (tertiary alicyclic amines) is 1. The van der Waals surface area contributed by atoms with Crippen LogP contribution in [0.1, 0.15) is 31.4 Å². The van der Waals surface area contributed by atoms with E-state index in [-0.39, 0.29) is 6.61 Å². The molecule has 0 radical (unpaired) electrons. The summed E-state index contributed by atoms with van der Waals surface area (Å²) in [6.07, 6.45) is 8.15. The molecule has 2 N–H and O–H groups in total. The summed E-state index contributed by atoms with van der Waals surface area (Å²) in [7, 11) is 1.84. The Balaban J connectivity index is 1.96. The van der Waals surface area contributed by atoms with E-state index in [9.17, 15) is 0 Å². The van der Waals surface area contributed by atoms with Crippen LogP contribution in [0.5, 0.6) is 0 Å². The molecule has 0 bridgehead atoms. The predicted octanol–water partition coefficient (Wildman–Crippen LogP) is 1.26. The minimum atomic E-state index is 0.269. The summed E-state index contributed by atoms with van der Waals surface area (Å²) >= 11 is 0. The molecule has 1 saturated heterocycles. The van der Waals surface area contributed by atoms with Crippen molar-refractivity contribution in [1.29, 1.82) is 0 Å². The second kappa shape index (κ2) is 6.66. The number of aliphatic hydroxyl groups excluding tert-OH is 1. The zero-order valence-corrected chi connectivity index (χ0v) is 11.0. The van der Waals surface area contributed by atoms with Crippen LogP contribution < -0.4 is 5.32 Å². The van der Waals surface area contributed by atoms with E-state index in [1.807, 2.05) is 13.2 Å². The number of aliphatic hydroxyl groups is 1. The topological polar surface area (TPSA) is 61.3 Å². The molecule has 5 nitrogen and oxygen atoms in total. The molecule has 1 aliphatic heterocycles. The average Bonchev–Trinajstić information content (AvgIpc) is 2.42. The highest BCUT2D eigenvalue weighted by molar-refractivity contribution is 5.29. The molecule has 0 saturated carbocycles. The Morgan fingerprint density at radius 1 is 1.39 bits per heavy atom. The summed E-state index contributed by atoms with van der Waals surface area (Å²) in [4.78, 5) is 11.1. The molecule has 1 aromatic rings. The Morgan fingerprint density at radius 2 is 2.28 bits per heavy atom. The summed E-state index contributed by atoms with van der Waals surface area (Å²) in [5, 5.41) is 12.1. The van der Waals surface area contributed by atoms with Crippen LogP contribution in [-0.2, 0) is 6.54 Å². The molecule has 0 aliphatic carbocycles. The zero-order valence-electron chi connectivity index (χ0n) is 11.0. The van der Waals surface area contributed by atoms with Crippen molar-refractivity contribution < 1.29 is 5.11 Å². The van der Waals surface area contributed by atoms with E-state index in [4.69, 9.17) is 5.11 Å². The van der Waals surface area contributed by atoms with Crippen molar-refractivity contribution >= 4 is 5.82 Å². The summed E-state index contributed by atoms with van der Waals surface area (Å²) in [5.41, 5.74) is 0.999. The zero-order chi connectivity index (χ0) is 12.8. The fourth-order valence-corrected chi connectivity index (χ4v) is 2.52. The molecule has 18 heavy (non-hydrogen) atoms. The first-order valence-electron chi connectivity index (χ1n) is 6.67. The van der Waals surface area contributed by atoms with Gasteiger partial charge in [-0.05, 0) is 25.8 Å². The predicted molar refractivity (Wildman–Crippen MR) is 71.3 cm³/mol. The van der Waals surface area contributed by atoms with Gasteiger partial charge in [0.15, 0.2) is 0 Å². The molecular weight excluding hydrogens is 228 g/mol. The second-order valence-electron chi connectivity index (χ2n) is 4.78. The van der Waals surface area contributed by atoms with E-state index in [1.165, 1.54) is 19.3 Å². The van der Waals surface area contributed by atoms with Gasteiger partial charge in [0.25, 0.3) is 0 Å². The maximum Gasteiger partial charge on any atom is 0.144 e. The van der Waals surface area contributed by atoms with E-state index in [1.54, 1.807) is 6.20 Å². The Hall–Kier alpha value is -1.20. The Bertz CT molecular complexity index is 353. The quantitative estimate of drug-likeness (QED) is 0.823. The number of aromatic nitrogens is 2. The Kier molecular flexibility index (Phi) is 4.90. The number of nitrogens with zero attached hydrogens (tertiary/aromatic N) is 3. The highest BCUT2D eigenvalue weighted by Gasteiger charge is 2.22. The molecule has 1 aliphatic rings. The van der Waals surface area contributed by atoms with E-state index in [0.717, 1.165) is 31.0 Å². The molecule has 0 spiro atoms. The van der Waals surface area contributed by atoms with E-state index in [0.29, 0.717) is 6.04 Å². The third-order valence-corrected chi connectivity index (χ3v) is 3.54. The Morgan fingerprint density at radius 3 is 2.94 bits per heavy atom. The lowest BCUT2D eigenvalue weighted by molar-refractivity contribution is 0.111. The van der Waals surface area contributed by atoms with Crippen molar-refractivity contribution in [3.05, 3.63) is 18.1 Å². The van der Waals surface area contributed by atoms with Gasteiger partial charge in [-0.25, -0.2) is 4.98 Å². The molecule has 2 rings (SSSR count). The lowest BCUT2D eigenvalue weighted by atomic mass is 9.99. The van der Waals surface area contributed by atoms with E-state index < -0.39 is 0 Å². The van der Waals surface area contributed by atoms with Crippen molar-refractivity contribution in [2.45, 2.75) is 38.3 Å². The standard InChI is InChI=1S/C13H22N4O/c1-14-13-9-15-11(8-16-13)10-17-6-3-2-4-12(17)5-7-18/h8-9,12,18H,2-7,10H2,1H3,(H,14,16). The van der Waals surface area contributed by atoms with Crippen molar-refractivity contribution in [2.24, 2.45) is 0 Å². The molecule has 0 aromatic carbocycles. The fraction of sp³-hybridized carbons (Fsp3) is 0.692. The Labute approximate surface area is 108 Å². The van der Waals surface area contributed by atoms with Gasteiger partial charge < -0.3 is 10.4 Å². The summed E-state index contributed by atoms with van der Waals surface area (Å²) in [5.74, 6) is 0.796. The van der Waals surface area contributed by atoms with Crippen LogP contribution in [0.3, 0.4) is 0 Å². The first-order valence-corrected chi connectivity index (χ1v) is 6.67. The third kappa shape index (κ3) is 3.40. The molecular formula is C13H22N4O. The van der Waals surface area contributed by atoms with Gasteiger partial charge in [-0.2, -0.15) is 0 Å². The van der Waals surface area contributed by atoms with Gasteiger partial charge in [0, 0.05) is 26.2 Å². The summed E-state index contributed by atoms with van der Waals surface area (Å²) in [6, 6.07) is 0.495. The van der Waals surface area contributed by atoms with Crippen molar-refractivity contribution in [1.82, 2.24) is 14.9 Å². The average molecular weight is 250 g/mol. The van der Waals surface area contributed by atoms with Crippen LogP contribution >= 0.6 is 0 Å². The molecule has 0 amide bonds. The smallest absolute Gasteiger partial charge is 0.144 e. The summed E-state index contributed by atoms with van der Waals surface area (Å²) < 4.78 is 0. The normalized spacial score (nSPS) is 20.9. The maximum absolute atomic E-state index is 9.11. The van der Waals surface area contributed by atoms with Crippen LogP contribution in [0.4, 0.5) is 5.82 Å². The van der Waals surface area contributed by atoms with Crippen molar-refractivity contribution in [3.8, 4) is 0 Å². The highest BCUT2D eigenvalue weighted by Crippen LogP contribution is 2.21. The summed E-state index contributed by atoms with van der Waals surface area (Å²) in [6.45, 7) is 2.20. The van der Waals surface area contributed by atoms with Crippen LogP contribution in [-0.4, -0.2) is 46.2 Å².